The Morgan fingerprint density at radius 1 is 1.38 bits per heavy atom. The number of thiophene rings is 1. The van der Waals surface area contributed by atoms with E-state index in [1.807, 2.05) is 18.2 Å². The first-order valence-electron chi connectivity index (χ1n) is 5.08. The minimum absolute atomic E-state index is 0.00136. The largest absolute Gasteiger partial charge is 0.496 e. The predicted molar refractivity (Wildman–Crippen MR) is 67.0 cm³/mol. The van der Waals surface area contributed by atoms with Crippen LogP contribution in [0, 0.1) is 6.92 Å². The number of hydrogen-bond acceptors (Lipinski definition) is 3. The first-order valence-corrected chi connectivity index (χ1v) is 5.96. The van der Waals surface area contributed by atoms with Crippen molar-refractivity contribution < 1.29 is 9.84 Å². The standard InChI is InChI=1S/C13H14O2S/c1-9-6-12(16-8-9)11-5-3-4-10(7-14)13(11)15-2/h3-6,8,14H,7H2,1-2H3. The zero-order chi connectivity index (χ0) is 11.5. The van der Waals surface area contributed by atoms with Gasteiger partial charge in [0.25, 0.3) is 0 Å². The summed E-state index contributed by atoms with van der Waals surface area (Å²) in [7, 11) is 1.64. The van der Waals surface area contributed by atoms with Crippen molar-refractivity contribution in [2.24, 2.45) is 0 Å². The van der Waals surface area contributed by atoms with Crippen LogP contribution in [0.25, 0.3) is 10.4 Å². The van der Waals surface area contributed by atoms with Crippen LogP contribution < -0.4 is 4.74 Å². The molecule has 1 N–H and O–H groups in total. The molecule has 0 bridgehead atoms. The summed E-state index contributed by atoms with van der Waals surface area (Å²) < 4.78 is 5.38. The molecule has 16 heavy (non-hydrogen) atoms. The Morgan fingerprint density at radius 2 is 2.19 bits per heavy atom. The maximum absolute atomic E-state index is 9.25. The highest BCUT2D eigenvalue weighted by molar-refractivity contribution is 7.13. The van der Waals surface area contributed by atoms with Crippen molar-refractivity contribution in [3.05, 3.63) is 40.8 Å². The Kier molecular flexibility index (Phi) is 3.27. The molecule has 2 rings (SSSR count). The molecule has 0 unspecified atom stereocenters. The van der Waals surface area contributed by atoms with Gasteiger partial charge < -0.3 is 9.84 Å². The van der Waals surface area contributed by atoms with Gasteiger partial charge in [0, 0.05) is 16.0 Å². The highest BCUT2D eigenvalue weighted by atomic mass is 32.1. The highest BCUT2D eigenvalue weighted by Crippen LogP contribution is 2.36. The molecule has 0 spiro atoms. The molecule has 0 saturated heterocycles. The summed E-state index contributed by atoms with van der Waals surface area (Å²) in [5.74, 6) is 0.770. The summed E-state index contributed by atoms with van der Waals surface area (Å²) in [6.07, 6.45) is 0. The zero-order valence-corrected chi connectivity index (χ0v) is 10.2. The van der Waals surface area contributed by atoms with Crippen LogP contribution >= 0.6 is 11.3 Å². The monoisotopic (exact) mass is 234 g/mol. The van der Waals surface area contributed by atoms with Gasteiger partial charge in [0.1, 0.15) is 5.75 Å². The molecule has 1 aromatic heterocycles. The quantitative estimate of drug-likeness (QED) is 0.883. The summed E-state index contributed by atoms with van der Waals surface area (Å²) in [6.45, 7) is 2.07. The van der Waals surface area contributed by atoms with Crippen molar-refractivity contribution in [2.75, 3.05) is 7.11 Å². The fourth-order valence-corrected chi connectivity index (χ4v) is 2.64. The van der Waals surface area contributed by atoms with E-state index in [0.29, 0.717) is 0 Å². The Hall–Kier alpha value is -1.32. The van der Waals surface area contributed by atoms with E-state index in [2.05, 4.69) is 18.4 Å². The van der Waals surface area contributed by atoms with Gasteiger partial charge in [0.2, 0.25) is 0 Å². The van der Waals surface area contributed by atoms with Crippen LogP contribution in [-0.4, -0.2) is 12.2 Å². The first kappa shape index (κ1) is 11.2. The third kappa shape index (κ3) is 1.96. The van der Waals surface area contributed by atoms with E-state index in [0.717, 1.165) is 16.9 Å². The number of para-hydroxylation sites is 1. The van der Waals surface area contributed by atoms with Crippen molar-refractivity contribution in [2.45, 2.75) is 13.5 Å². The second-order valence-corrected chi connectivity index (χ2v) is 4.56. The third-order valence-electron chi connectivity index (χ3n) is 2.47. The number of aliphatic hydroxyl groups is 1. The first-order chi connectivity index (χ1) is 7.76. The fourth-order valence-electron chi connectivity index (χ4n) is 1.72. The fraction of sp³-hybridized carbons (Fsp3) is 0.231. The van der Waals surface area contributed by atoms with E-state index >= 15 is 0 Å². The minimum atomic E-state index is 0.00136. The van der Waals surface area contributed by atoms with E-state index in [1.165, 1.54) is 10.4 Å². The number of aryl methyl sites for hydroxylation is 1. The number of ether oxygens (including phenoxy) is 1. The molecule has 0 radical (unpaired) electrons. The van der Waals surface area contributed by atoms with Gasteiger partial charge in [0.05, 0.1) is 13.7 Å². The number of hydrogen-bond donors (Lipinski definition) is 1. The van der Waals surface area contributed by atoms with Gasteiger partial charge in [-0.3, -0.25) is 0 Å². The van der Waals surface area contributed by atoms with Crippen LogP contribution in [0.2, 0.25) is 0 Å². The normalized spacial score (nSPS) is 10.4. The topological polar surface area (TPSA) is 29.5 Å². The summed E-state index contributed by atoms with van der Waals surface area (Å²) in [4.78, 5) is 1.17. The van der Waals surface area contributed by atoms with E-state index in [9.17, 15) is 5.11 Å². The lowest BCUT2D eigenvalue weighted by atomic mass is 10.1. The van der Waals surface area contributed by atoms with Crippen LogP contribution in [0.4, 0.5) is 0 Å². The van der Waals surface area contributed by atoms with Crippen molar-refractivity contribution in [3.8, 4) is 16.2 Å². The Bertz CT molecular complexity index is 488. The van der Waals surface area contributed by atoms with Gasteiger partial charge in [-0.05, 0) is 30.0 Å². The molecule has 3 heteroatoms. The average molecular weight is 234 g/mol. The van der Waals surface area contributed by atoms with Crippen molar-refractivity contribution in [3.63, 3.8) is 0 Å². The predicted octanol–water partition coefficient (Wildman–Crippen LogP) is 3.22. The third-order valence-corrected chi connectivity index (χ3v) is 3.55. The van der Waals surface area contributed by atoms with Crippen molar-refractivity contribution in [1.82, 2.24) is 0 Å². The molecule has 0 fully saturated rings. The molecule has 0 saturated carbocycles. The molecule has 1 aromatic carbocycles. The summed E-state index contributed by atoms with van der Waals surface area (Å²) in [5.41, 5.74) is 3.12. The number of methoxy groups -OCH3 is 1. The van der Waals surface area contributed by atoms with Crippen LogP contribution in [0.1, 0.15) is 11.1 Å². The summed E-state index contributed by atoms with van der Waals surface area (Å²) in [6, 6.07) is 7.97. The van der Waals surface area contributed by atoms with Crippen LogP contribution in [0.5, 0.6) is 5.75 Å². The Labute approximate surface area is 99.1 Å². The van der Waals surface area contributed by atoms with E-state index in [-0.39, 0.29) is 6.61 Å². The Balaban J connectivity index is 2.56. The molecule has 0 atom stereocenters. The molecule has 0 aliphatic carbocycles. The van der Waals surface area contributed by atoms with Crippen molar-refractivity contribution >= 4 is 11.3 Å². The summed E-state index contributed by atoms with van der Waals surface area (Å²) >= 11 is 1.69. The Morgan fingerprint density at radius 3 is 2.75 bits per heavy atom. The van der Waals surface area contributed by atoms with Crippen LogP contribution in [0.15, 0.2) is 29.6 Å². The molecular formula is C13H14O2S. The van der Waals surface area contributed by atoms with Crippen LogP contribution in [-0.2, 0) is 6.61 Å². The number of rotatable bonds is 3. The maximum atomic E-state index is 9.25. The lowest BCUT2D eigenvalue weighted by molar-refractivity contribution is 0.274. The second kappa shape index (κ2) is 4.68. The van der Waals surface area contributed by atoms with Gasteiger partial charge in [0.15, 0.2) is 0 Å². The number of aliphatic hydroxyl groups excluding tert-OH is 1. The van der Waals surface area contributed by atoms with E-state index in [4.69, 9.17) is 4.74 Å². The molecule has 1 heterocycles. The van der Waals surface area contributed by atoms with Crippen LogP contribution in [0.3, 0.4) is 0 Å². The molecular weight excluding hydrogens is 220 g/mol. The lowest BCUT2D eigenvalue weighted by Gasteiger charge is -2.10. The highest BCUT2D eigenvalue weighted by Gasteiger charge is 2.11. The van der Waals surface area contributed by atoms with Gasteiger partial charge in [-0.2, -0.15) is 0 Å². The average Bonchev–Trinajstić information content (AvgIpc) is 2.74. The van der Waals surface area contributed by atoms with E-state index in [1.54, 1.807) is 18.4 Å². The second-order valence-electron chi connectivity index (χ2n) is 3.64. The van der Waals surface area contributed by atoms with Crippen molar-refractivity contribution in [1.29, 1.82) is 0 Å². The maximum Gasteiger partial charge on any atom is 0.133 e. The van der Waals surface area contributed by atoms with Gasteiger partial charge in [-0.15, -0.1) is 11.3 Å². The smallest absolute Gasteiger partial charge is 0.133 e. The SMILES string of the molecule is COc1c(CO)cccc1-c1cc(C)cs1. The van der Waals surface area contributed by atoms with Gasteiger partial charge in [-0.25, -0.2) is 0 Å². The number of benzene rings is 1. The molecule has 0 aliphatic rings. The lowest BCUT2D eigenvalue weighted by Crippen LogP contribution is -1.93. The minimum Gasteiger partial charge on any atom is -0.496 e. The molecule has 84 valence electrons. The van der Waals surface area contributed by atoms with E-state index < -0.39 is 0 Å². The molecule has 2 aromatic rings. The molecule has 0 amide bonds. The van der Waals surface area contributed by atoms with Gasteiger partial charge in [-0.1, -0.05) is 12.1 Å². The van der Waals surface area contributed by atoms with Gasteiger partial charge >= 0.3 is 0 Å². The molecule has 2 nitrogen and oxygen atoms in total. The summed E-state index contributed by atoms with van der Waals surface area (Å²) in [5, 5.41) is 11.4. The zero-order valence-electron chi connectivity index (χ0n) is 9.36. The molecule has 0 aliphatic heterocycles.